The molecule has 2 aromatic carbocycles. The summed E-state index contributed by atoms with van der Waals surface area (Å²) in [7, 11) is 1.67. The van der Waals surface area contributed by atoms with Crippen molar-refractivity contribution in [2.45, 2.75) is 11.4 Å². The van der Waals surface area contributed by atoms with E-state index in [0.717, 1.165) is 5.56 Å². The Balaban J connectivity index is 2.13. The molecular formula is C16H15BrFNOS. The summed E-state index contributed by atoms with van der Waals surface area (Å²) in [6, 6.07) is 12.7. The van der Waals surface area contributed by atoms with Crippen LogP contribution in [0, 0.1) is 5.82 Å². The molecule has 0 aliphatic heterocycles. The van der Waals surface area contributed by atoms with E-state index < -0.39 is 5.82 Å². The van der Waals surface area contributed by atoms with E-state index in [-0.39, 0.29) is 11.5 Å². The van der Waals surface area contributed by atoms with Crippen LogP contribution in [0.2, 0.25) is 0 Å². The second kappa shape index (κ2) is 7.09. The van der Waals surface area contributed by atoms with Crippen LogP contribution in [0.4, 0.5) is 4.39 Å². The highest BCUT2D eigenvalue weighted by Crippen LogP contribution is 2.21. The van der Waals surface area contributed by atoms with Gasteiger partial charge in [0, 0.05) is 18.5 Å². The Bertz CT molecular complexity index is 645. The first-order chi connectivity index (χ1) is 10.0. The van der Waals surface area contributed by atoms with Gasteiger partial charge in [-0.3, -0.25) is 4.79 Å². The highest BCUT2D eigenvalue weighted by atomic mass is 79.9. The van der Waals surface area contributed by atoms with Gasteiger partial charge in [-0.1, -0.05) is 18.2 Å². The lowest BCUT2D eigenvalue weighted by atomic mass is 10.1. The quantitative estimate of drug-likeness (QED) is 0.737. The molecule has 0 aliphatic carbocycles. The number of thioether (sulfide) groups is 1. The van der Waals surface area contributed by atoms with Crippen molar-refractivity contribution < 1.29 is 9.18 Å². The van der Waals surface area contributed by atoms with Crippen LogP contribution in [-0.4, -0.2) is 24.1 Å². The Morgan fingerprint density at radius 2 is 1.90 bits per heavy atom. The van der Waals surface area contributed by atoms with Crippen molar-refractivity contribution in [1.82, 2.24) is 4.90 Å². The molecule has 2 aromatic rings. The molecule has 0 spiro atoms. The third kappa shape index (κ3) is 3.86. The van der Waals surface area contributed by atoms with Crippen molar-refractivity contribution in [3.8, 4) is 0 Å². The van der Waals surface area contributed by atoms with Crippen LogP contribution in [0.3, 0.4) is 0 Å². The number of halogens is 2. The number of benzene rings is 2. The van der Waals surface area contributed by atoms with Crippen molar-refractivity contribution in [3.63, 3.8) is 0 Å². The summed E-state index contributed by atoms with van der Waals surface area (Å²) >= 11 is 4.77. The van der Waals surface area contributed by atoms with E-state index in [2.05, 4.69) is 15.9 Å². The standard InChI is InChI=1S/C16H15BrFNOS/c1-19(10-11-6-8-12(21-2)9-7-11)16(20)13-4-3-5-14(17)15(13)18/h3-9H,10H2,1-2H3. The molecule has 2 rings (SSSR count). The molecular weight excluding hydrogens is 353 g/mol. The van der Waals surface area contributed by atoms with E-state index >= 15 is 0 Å². The number of rotatable bonds is 4. The number of hydrogen-bond donors (Lipinski definition) is 0. The largest absolute Gasteiger partial charge is 0.337 e. The topological polar surface area (TPSA) is 20.3 Å². The smallest absolute Gasteiger partial charge is 0.256 e. The number of carbonyl (C=O) groups excluding carboxylic acids is 1. The number of carbonyl (C=O) groups is 1. The fourth-order valence-corrected chi connectivity index (χ4v) is 2.73. The normalized spacial score (nSPS) is 10.5. The monoisotopic (exact) mass is 367 g/mol. The average Bonchev–Trinajstić information content (AvgIpc) is 2.50. The van der Waals surface area contributed by atoms with Crippen LogP contribution < -0.4 is 0 Å². The highest BCUT2D eigenvalue weighted by Gasteiger charge is 2.17. The Labute approximate surface area is 136 Å². The minimum absolute atomic E-state index is 0.0765. The molecule has 0 saturated carbocycles. The van der Waals surface area contributed by atoms with Crippen LogP contribution in [-0.2, 0) is 6.54 Å². The van der Waals surface area contributed by atoms with Crippen LogP contribution >= 0.6 is 27.7 Å². The Morgan fingerprint density at radius 1 is 1.24 bits per heavy atom. The third-order valence-corrected chi connectivity index (χ3v) is 4.46. The molecule has 5 heteroatoms. The molecule has 0 unspecified atom stereocenters. The Kier molecular flexibility index (Phi) is 5.42. The van der Waals surface area contributed by atoms with Crippen molar-refractivity contribution >= 4 is 33.6 Å². The van der Waals surface area contributed by atoms with Gasteiger partial charge in [-0.15, -0.1) is 11.8 Å². The lowest BCUT2D eigenvalue weighted by molar-refractivity contribution is 0.0780. The summed E-state index contributed by atoms with van der Waals surface area (Å²) in [6.45, 7) is 0.444. The second-order valence-electron chi connectivity index (χ2n) is 4.61. The first kappa shape index (κ1) is 16.0. The minimum Gasteiger partial charge on any atom is -0.337 e. The van der Waals surface area contributed by atoms with E-state index in [1.807, 2.05) is 30.5 Å². The number of hydrogen-bond acceptors (Lipinski definition) is 2. The van der Waals surface area contributed by atoms with Crippen molar-refractivity contribution in [2.24, 2.45) is 0 Å². The molecule has 0 radical (unpaired) electrons. The second-order valence-corrected chi connectivity index (χ2v) is 6.34. The first-order valence-corrected chi connectivity index (χ1v) is 8.37. The van der Waals surface area contributed by atoms with Gasteiger partial charge >= 0.3 is 0 Å². The average molecular weight is 368 g/mol. The molecule has 0 saturated heterocycles. The molecule has 0 heterocycles. The first-order valence-electron chi connectivity index (χ1n) is 6.35. The molecule has 1 amide bonds. The maximum absolute atomic E-state index is 14.0. The lowest BCUT2D eigenvalue weighted by Gasteiger charge is -2.18. The van der Waals surface area contributed by atoms with Crippen LogP contribution in [0.5, 0.6) is 0 Å². The summed E-state index contributed by atoms with van der Waals surface area (Å²) in [5, 5.41) is 0. The predicted molar refractivity (Wildman–Crippen MR) is 88.1 cm³/mol. The Morgan fingerprint density at radius 3 is 2.52 bits per heavy atom. The van der Waals surface area contributed by atoms with Crippen molar-refractivity contribution in [2.75, 3.05) is 13.3 Å². The molecule has 110 valence electrons. The van der Waals surface area contributed by atoms with Crippen molar-refractivity contribution in [3.05, 3.63) is 63.9 Å². The van der Waals surface area contributed by atoms with Gasteiger partial charge in [0.2, 0.25) is 0 Å². The number of amides is 1. The maximum Gasteiger partial charge on any atom is 0.256 e. The van der Waals surface area contributed by atoms with Gasteiger partial charge < -0.3 is 4.90 Å². The molecule has 0 N–H and O–H groups in total. The van der Waals surface area contributed by atoms with Crippen molar-refractivity contribution in [1.29, 1.82) is 0 Å². The van der Waals surface area contributed by atoms with E-state index in [0.29, 0.717) is 11.0 Å². The highest BCUT2D eigenvalue weighted by molar-refractivity contribution is 9.10. The number of nitrogens with zero attached hydrogens (tertiary/aromatic N) is 1. The molecule has 2 nitrogen and oxygen atoms in total. The summed E-state index contributed by atoms with van der Waals surface area (Å²) < 4.78 is 14.3. The van der Waals surface area contributed by atoms with Gasteiger partial charge in [0.15, 0.2) is 0 Å². The van der Waals surface area contributed by atoms with Gasteiger partial charge in [-0.25, -0.2) is 4.39 Å². The fourth-order valence-electron chi connectivity index (χ4n) is 1.95. The fraction of sp³-hybridized carbons (Fsp3) is 0.188. The van der Waals surface area contributed by atoms with Gasteiger partial charge in [0.25, 0.3) is 5.91 Å². The molecule has 0 bridgehead atoms. The van der Waals surface area contributed by atoms with Gasteiger partial charge in [-0.05, 0) is 52.0 Å². The zero-order valence-corrected chi connectivity index (χ0v) is 14.2. The van der Waals surface area contributed by atoms with Gasteiger partial charge in [0.1, 0.15) is 5.82 Å². The molecule has 0 aromatic heterocycles. The van der Waals surface area contributed by atoms with E-state index in [4.69, 9.17) is 0 Å². The predicted octanol–water partition coefficient (Wildman–Crippen LogP) is 4.58. The van der Waals surface area contributed by atoms with E-state index in [1.54, 1.807) is 30.9 Å². The third-order valence-electron chi connectivity index (χ3n) is 3.11. The lowest BCUT2D eigenvalue weighted by Crippen LogP contribution is -2.27. The van der Waals surface area contributed by atoms with Crippen LogP contribution in [0.25, 0.3) is 0 Å². The van der Waals surface area contributed by atoms with Crippen LogP contribution in [0.1, 0.15) is 15.9 Å². The molecule has 0 fully saturated rings. The summed E-state index contributed by atoms with van der Waals surface area (Å²) in [4.78, 5) is 15.0. The summed E-state index contributed by atoms with van der Waals surface area (Å²) in [5.41, 5.74) is 1.09. The molecule has 0 atom stereocenters. The Hall–Kier alpha value is -1.33. The van der Waals surface area contributed by atoms with Crippen LogP contribution in [0.15, 0.2) is 51.8 Å². The minimum atomic E-state index is -0.521. The van der Waals surface area contributed by atoms with E-state index in [9.17, 15) is 9.18 Å². The molecule has 0 aliphatic rings. The van der Waals surface area contributed by atoms with Gasteiger partial charge in [0.05, 0.1) is 10.0 Å². The van der Waals surface area contributed by atoms with Gasteiger partial charge in [-0.2, -0.15) is 0 Å². The van der Waals surface area contributed by atoms with E-state index in [1.165, 1.54) is 15.9 Å². The zero-order chi connectivity index (χ0) is 15.4. The zero-order valence-electron chi connectivity index (χ0n) is 11.8. The SMILES string of the molecule is CSc1ccc(CN(C)C(=O)c2cccc(Br)c2F)cc1. The summed E-state index contributed by atoms with van der Waals surface area (Å²) in [6.07, 6.45) is 2.01. The maximum atomic E-state index is 14.0. The molecule has 21 heavy (non-hydrogen) atoms. The summed E-state index contributed by atoms with van der Waals surface area (Å²) in [5.74, 6) is -0.852.